The molecule has 0 aromatic heterocycles. The van der Waals surface area contributed by atoms with E-state index in [0.29, 0.717) is 0 Å². The zero-order valence-corrected chi connectivity index (χ0v) is 19.0. The molecule has 0 saturated heterocycles. The van der Waals surface area contributed by atoms with Crippen molar-refractivity contribution in [1.82, 2.24) is 0 Å². The number of hydrogen-bond donors (Lipinski definition) is 4. The van der Waals surface area contributed by atoms with Crippen LogP contribution in [-0.2, 0) is 0 Å². The van der Waals surface area contributed by atoms with Gasteiger partial charge >= 0.3 is 0 Å². The Morgan fingerprint density at radius 2 is 0.643 bits per heavy atom. The van der Waals surface area contributed by atoms with Gasteiger partial charge < -0.3 is 0 Å². The van der Waals surface area contributed by atoms with Gasteiger partial charge in [0.05, 0.1) is 44.5 Å². The van der Waals surface area contributed by atoms with E-state index in [1.165, 1.54) is 0 Å². The lowest BCUT2D eigenvalue weighted by Crippen LogP contribution is -2.23. The molecule has 0 aromatic rings. The second-order valence-corrected chi connectivity index (χ2v) is 8.09. The van der Waals surface area contributed by atoms with Crippen LogP contribution in [0.25, 0.3) is 0 Å². The average Bonchev–Trinajstić information content (AvgIpc) is 2.73. The molecule has 12 heteroatoms. The number of nitrogens with zero attached hydrogens (tertiary/aromatic N) is 4. The molecule has 4 unspecified atom stereocenters. The molecule has 0 aliphatic rings. The van der Waals surface area contributed by atoms with Gasteiger partial charge in [0.15, 0.2) is 0 Å². The van der Waals surface area contributed by atoms with Gasteiger partial charge in [0.2, 0.25) is 0 Å². The Labute approximate surface area is 182 Å². The lowest BCUT2D eigenvalue weighted by molar-refractivity contribution is 0.788. The molecule has 0 spiro atoms. The van der Waals surface area contributed by atoms with Crippen LogP contribution in [-0.4, -0.2) is 45.2 Å². The first-order valence-electron chi connectivity index (χ1n) is 7.32. The summed E-state index contributed by atoms with van der Waals surface area (Å²) in [4.78, 5) is 0. The second-order valence-electron chi connectivity index (χ2n) is 4.70. The Kier molecular flexibility index (Phi) is 16.2. The Balaban J connectivity index is 0. The third-order valence-electron chi connectivity index (χ3n) is 3.23. The van der Waals surface area contributed by atoms with Crippen molar-refractivity contribution in [3.63, 3.8) is 0 Å². The Morgan fingerprint density at radius 1 is 0.500 bits per heavy atom. The summed E-state index contributed by atoms with van der Waals surface area (Å²) in [6.07, 6.45) is 6.74. The lowest BCUT2D eigenvalue weighted by Gasteiger charge is -2.14. The van der Waals surface area contributed by atoms with Crippen LogP contribution in [0.15, 0.2) is 0 Å². The average molecular weight is 453 g/mol. The van der Waals surface area contributed by atoms with Crippen LogP contribution in [0.1, 0.15) is 0 Å². The maximum Gasteiger partial charge on any atom is 0.116 e. The van der Waals surface area contributed by atoms with Gasteiger partial charge in [-0.2, -0.15) is 21.0 Å². The highest BCUT2D eigenvalue weighted by Crippen LogP contribution is 2.23. The number of hydrogen-bond acceptors (Lipinski definition) is 12. The van der Waals surface area contributed by atoms with E-state index in [9.17, 15) is 0 Å². The van der Waals surface area contributed by atoms with Crippen molar-refractivity contribution in [1.29, 1.82) is 42.7 Å². The predicted octanol–water partition coefficient (Wildman–Crippen LogP) is 3.89. The molecule has 0 fully saturated rings. The lowest BCUT2D eigenvalue weighted by atomic mass is 9.97. The maximum atomic E-state index is 8.81. The van der Waals surface area contributed by atoms with Crippen LogP contribution < -0.4 is 0 Å². The minimum atomic E-state index is -0.810. The first-order valence-corrected chi connectivity index (χ1v) is 12.2. The molecule has 0 bridgehead atoms. The summed E-state index contributed by atoms with van der Waals surface area (Å²) >= 11 is 4.53. The van der Waals surface area contributed by atoms with Crippen LogP contribution in [0, 0.1) is 90.6 Å². The van der Waals surface area contributed by atoms with Gasteiger partial charge in [-0.15, -0.1) is 47.0 Å². The van der Waals surface area contributed by atoms with Gasteiger partial charge in [-0.25, -0.2) is 0 Å². The van der Waals surface area contributed by atoms with E-state index in [0.717, 1.165) is 47.0 Å². The monoisotopic (exact) mass is 452 g/mol. The van der Waals surface area contributed by atoms with E-state index < -0.39 is 23.7 Å². The summed E-state index contributed by atoms with van der Waals surface area (Å²) in [6, 6.07) is 7.59. The van der Waals surface area contributed by atoms with Crippen molar-refractivity contribution in [2.45, 2.75) is 0 Å². The third-order valence-corrected chi connectivity index (χ3v) is 6.01. The van der Waals surface area contributed by atoms with Crippen LogP contribution in [0.2, 0.25) is 0 Å². The molecule has 0 amide bonds. The molecule has 4 atom stereocenters. The van der Waals surface area contributed by atoms with Gasteiger partial charge in [-0.05, 0) is 25.0 Å². The number of thioether (sulfide) groups is 4. The zero-order valence-electron chi connectivity index (χ0n) is 15.7. The smallest absolute Gasteiger partial charge is 0.116 e. The first kappa shape index (κ1) is 28.3. The standard InChI is InChI=1S/2C8H10N4S2/c2*1-13-7(11)5(3-9)6(4-10)8(12)14-2/h2*5-6,11-12H,1-2H3. The summed E-state index contributed by atoms with van der Waals surface area (Å²) in [5.74, 6) is -3.24. The largest absolute Gasteiger partial charge is 0.297 e. The van der Waals surface area contributed by atoms with E-state index in [1.807, 2.05) is 24.3 Å². The quantitative estimate of drug-likeness (QED) is 0.344. The molecule has 0 radical (unpaired) electrons. The van der Waals surface area contributed by atoms with Crippen molar-refractivity contribution >= 4 is 67.2 Å². The molecule has 0 aromatic carbocycles. The SMILES string of the molecule is CSC(=N)C(C#N)C(C#N)C(=N)SC.CSC(=N)C(C#N)C(C#N)C(=N)SC. The van der Waals surface area contributed by atoms with Crippen LogP contribution in [0.3, 0.4) is 0 Å². The molecule has 0 heterocycles. The second kappa shape index (κ2) is 16.0. The fourth-order valence-electron chi connectivity index (χ4n) is 1.65. The highest BCUT2D eigenvalue weighted by molar-refractivity contribution is 8.14. The highest BCUT2D eigenvalue weighted by Gasteiger charge is 2.29. The zero-order chi connectivity index (χ0) is 22.3. The molecule has 0 aliphatic carbocycles. The van der Waals surface area contributed by atoms with Crippen molar-refractivity contribution in [2.24, 2.45) is 23.7 Å². The van der Waals surface area contributed by atoms with Crippen molar-refractivity contribution in [3.8, 4) is 24.3 Å². The Bertz CT molecular complexity index is 625. The summed E-state index contributed by atoms with van der Waals surface area (Å²) in [5, 5.41) is 65.7. The van der Waals surface area contributed by atoms with E-state index in [1.54, 1.807) is 25.0 Å². The van der Waals surface area contributed by atoms with Gasteiger partial charge in [-0.1, -0.05) is 0 Å². The molecular weight excluding hydrogens is 433 g/mol. The van der Waals surface area contributed by atoms with Gasteiger partial charge in [0.25, 0.3) is 0 Å². The maximum absolute atomic E-state index is 8.81. The molecule has 4 N–H and O–H groups in total. The number of rotatable bonds is 6. The fourth-order valence-corrected chi connectivity index (χ4v) is 3.42. The van der Waals surface area contributed by atoms with Gasteiger partial charge in [-0.3, -0.25) is 21.6 Å². The van der Waals surface area contributed by atoms with E-state index >= 15 is 0 Å². The van der Waals surface area contributed by atoms with Crippen molar-refractivity contribution < 1.29 is 0 Å². The molecule has 0 saturated carbocycles. The normalized spacial score (nSPS) is 13.4. The molecule has 28 heavy (non-hydrogen) atoms. The summed E-state index contributed by atoms with van der Waals surface area (Å²) in [6.45, 7) is 0. The predicted molar refractivity (Wildman–Crippen MR) is 121 cm³/mol. The Morgan fingerprint density at radius 3 is 0.714 bits per heavy atom. The van der Waals surface area contributed by atoms with Crippen molar-refractivity contribution in [3.05, 3.63) is 0 Å². The summed E-state index contributed by atoms with van der Waals surface area (Å²) in [7, 11) is 0. The van der Waals surface area contributed by atoms with Gasteiger partial charge in [0.1, 0.15) is 23.7 Å². The van der Waals surface area contributed by atoms with E-state index in [4.69, 9.17) is 42.7 Å². The van der Waals surface area contributed by atoms with E-state index in [2.05, 4.69) is 0 Å². The van der Waals surface area contributed by atoms with Crippen LogP contribution in [0.5, 0.6) is 0 Å². The fraction of sp³-hybridized carbons (Fsp3) is 0.500. The van der Waals surface area contributed by atoms with Crippen LogP contribution >= 0.6 is 47.0 Å². The minimum Gasteiger partial charge on any atom is -0.297 e. The van der Waals surface area contributed by atoms with E-state index in [-0.39, 0.29) is 20.2 Å². The molecule has 148 valence electrons. The molecule has 0 aliphatic heterocycles. The number of nitrogens with one attached hydrogen (secondary N) is 4. The third kappa shape index (κ3) is 8.82. The summed E-state index contributed by atoms with van der Waals surface area (Å²) < 4.78 is 0. The van der Waals surface area contributed by atoms with Gasteiger partial charge in [0, 0.05) is 0 Å². The topological polar surface area (TPSA) is 191 Å². The molecule has 8 nitrogen and oxygen atoms in total. The highest BCUT2D eigenvalue weighted by atomic mass is 32.2. The first-order chi connectivity index (χ1) is 13.2. The minimum absolute atomic E-state index is 0.137. The molecule has 0 rings (SSSR count). The van der Waals surface area contributed by atoms with Crippen molar-refractivity contribution in [2.75, 3.05) is 25.0 Å². The Hall–Kier alpha value is -1.96. The van der Waals surface area contributed by atoms with Crippen LogP contribution in [0.4, 0.5) is 0 Å². The number of nitriles is 4. The summed E-state index contributed by atoms with van der Waals surface area (Å²) in [5.41, 5.74) is 0. The molecular formula is C16H20N8S4.